The third kappa shape index (κ3) is 14.1. The van der Waals surface area contributed by atoms with E-state index in [0.29, 0.717) is 25.8 Å². The number of carboxylic acid groups (broad SMARTS) is 1. The van der Waals surface area contributed by atoms with Gasteiger partial charge in [-0.25, -0.2) is 9.59 Å². The molecule has 0 radical (unpaired) electrons. The molecule has 2 aromatic carbocycles. The SMILES string of the molecule is CCC(C)C([C@@H](CC(=O)N1CCCC1[C@H](OC)[C@@H](C)C(=O)NC(Cc1ccccc1)C(=O)O)OC)N(C)C(=O)[C@@H](NC(=O)C(C(C)C)N(C)C(=O)OCc1ccc(NC)cc1)C(C)C. The van der Waals surface area contributed by atoms with Gasteiger partial charge in [-0.15, -0.1) is 0 Å². The Bertz CT molecular complexity index is 1830. The van der Waals surface area contributed by atoms with Crippen LogP contribution in [0.4, 0.5) is 10.5 Å². The minimum Gasteiger partial charge on any atom is -0.480 e. The number of nitrogens with one attached hydrogen (secondary N) is 3. The predicted molar refractivity (Wildman–Crippen MR) is 245 cm³/mol. The first-order valence-corrected chi connectivity index (χ1v) is 22.5. The lowest BCUT2D eigenvalue weighted by Crippen LogP contribution is -2.60. The molecular weight excluding hydrogens is 821 g/mol. The molecule has 1 heterocycles. The van der Waals surface area contributed by atoms with E-state index in [1.807, 2.05) is 91.1 Å². The maximum Gasteiger partial charge on any atom is 0.410 e. The number of hydrogen-bond donors (Lipinski definition) is 4. The Morgan fingerprint density at radius 3 is 2.00 bits per heavy atom. The second-order valence-electron chi connectivity index (χ2n) is 17.7. The number of carbonyl (C=O) groups excluding carboxylic acids is 5. The summed E-state index contributed by atoms with van der Waals surface area (Å²) in [6.07, 6.45) is -0.210. The molecule has 5 unspecified atom stereocenters. The number of amides is 5. The Hall–Kier alpha value is -5.22. The molecule has 1 aliphatic rings. The number of benzene rings is 2. The third-order valence-corrected chi connectivity index (χ3v) is 12.6. The Kier molecular flexibility index (Phi) is 21.0. The van der Waals surface area contributed by atoms with Gasteiger partial charge in [-0.1, -0.05) is 97.4 Å². The van der Waals surface area contributed by atoms with Crippen LogP contribution >= 0.6 is 0 Å². The van der Waals surface area contributed by atoms with Crippen molar-refractivity contribution in [3.05, 3.63) is 65.7 Å². The van der Waals surface area contributed by atoms with Crippen molar-refractivity contribution in [2.75, 3.05) is 47.2 Å². The first-order valence-electron chi connectivity index (χ1n) is 22.5. The largest absolute Gasteiger partial charge is 0.480 e. The standard InChI is InChI=1S/C48H74N6O10/c1-13-31(6)42(52(9)46(58)40(29(2)3)51-45(57)41(30(4)5)53(10)48(61)64-28-34-21-23-35(49-8)24-22-34)38(62-11)27-39(55)54-25-17-20-37(54)43(63-12)32(7)44(56)50-36(47(59)60)26-33-18-15-14-16-19-33/h14-16,18-19,21-24,29-32,36-38,40-43,49H,13,17,20,25-28H2,1-12H3,(H,50,56)(H,51,57)(H,59,60)/t31?,32-,36?,37?,38-,40+,41?,42?,43-/m1/s1. The number of carboxylic acids is 1. The molecule has 0 bridgehead atoms. The first-order chi connectivity index (χ1) is 30.3. The van der Waals surface area contributed by atoms with Crippen LogP contribution in [-0.2, 0) is 51.2 Å². The molecule has 16 nitrogen and oxygen atoms in total. The van der Waals surface area contributed by atoms with Crippen molar-refractivity contribution in [3.8, 4) is 0 Å². The van der Waals surface area contributed by atoms with E-state index in [1.165, 1.54) is 26.2 Å². The number of hydrogen-bond acceptors (Lipinski definition) is 10. The number of likely N-dealkylation sites (N-methyl/N-ethyl adjacent to an activating group) is 2. The molecule has 2 aromatic rings. The minimum absolute atomic E-state index is 0.0177. The van der Waals surface area contributed by atoms with Crippen molar-refractivity contribution < 1.29 is 48.1 Å². The number of nitrogens with zero attached hydrogens (tertiary/aromatic N) is 3. The van der Waals surface area contributed by atoms with Crippen molar-refractivity contribution in [1.82, 2.24) is 25.3 Å². The van der Waals surface area contributed by atoms with Crippen LogP contribution in [0.2, 0.25) is 0 Å². The first kappa shape index (κ1) is 53.1. The van der Waals surface area contributed by atoms with Gasteiger partial charge in [0.05, 0.1) is 36.6 Å². The molecule has 0 aromatic heterocycles. The van der Waals surface area contributed by atoms with Gasteiger partial charge in [0.25, 0.3) is 0 Å². The fraction of sp³-hybridized carbons (Fsp3) is 0.625. The Labute approximate surface area is 380 Å². The number of ether oxygens (including phenoxy) is 3. The summed E-state index contributed by atoms with van der Waals surface area (Å²) in [6.45, 7) is 13.4. The number of anilines is 1. The number of methoxy groups -OCH3 is 2. The molecule has 0 aliphatic carbocycles. The van der Waals surface area contributed by atoms with Crippen LogP contribution in [0.1, 0.15) is 85.3 Å². The van der Waals surface area contributed by atoms with Gasteiger partial charge in [-0.3, -0.25) is 24.1 Å². The monoisotopic (exact) mass is 895 g/mol. The quantitative estimate of drug-likeness (QED) is 0.108. The molecular formula is C48H74N6O10. The molecule has 5 amide bonds. The van der Waals surface area contributed by atoms with E-state index in [-0.39, 0.29) is 49.0 Å². The van der Waals surface area contributed by atoms with E-state index < -0.39 is 72.2 Å². The lowest BCUT2D eigenvalue weighted by atomic mass is 9.89. The van der Waals surface area contributed by atoms with E-state index in [4.69, 9.17) is 14.2 Å². The summed E-state index contributed by atoms with van der Waals surface area (Å²) in [7, 11) is 7.96. The summed E-state index contributed by atoms with van der Waals surface area (Å²) in [6, 6.07) is 12.4. The van der Waals surface area contributed by atoms with Gasteiger partial charge in [-0.05, 0) is 53.9 Å². The van der Waals surface area contributed by atoms with Crippen LogP contribution in [0.5, 0.6) is 0 Å². The summed E-state index contributed by atoms with van der Waals surface area (Å²) in [5.41, 5.74) is 2.47. The molecule has 4 N–H and O–H groups in total. The zero-order valence-corrected chi connectivity index (χ0v) is 40.0. The summed E-state index contributed by atoms with van der Waals surface area (Å²) >= 11 is 0. The van der Waals surface area contributed by atoms with E-state index in [9.17, 15) is 33.9 Å². The van der Waals surface area contributed by atoms with Crippen LogP contribution in [-0.4, -0.2) is 140 Å². The van der Waals surface area contributed by atoms with Crippen LogP contribution in [0.25, 0.3) is 0 Å². The average molecular weight is 895 g/mol. The second kappa shape index (κ2) is 25.3. The van der Waals surface area contributed by atoms with Gasteiger partial charge in [0.2, 0.25) is 23.6 Å². The van der Waals surface area contributed by atoms with E-state index in [2.05, 4.69) is 16.0 Å². The Balaban J connectivity index is 1.76. The number of aliphatic carboxylic acids is 1. The average Bonchev–Trinajstić information content (AvgIpc) is 3.76. The fourth-order valence-electron chi connectivity index (χ4n) is 8.68. The normalized spacial score (nSPS) is 17.6. The lowest BCUT2D eigenvalue weighted by molar-refractivity contribution is -0.148. The maximum absolute atomic E-state index is 14.5. The lowest BCUT2D eigenvalue weighted by Gasteiger charge is -2.41. The zero-order valence-electron chi connectivity index (χ0n) is 40.0. The maximum atomic E-state index is 14.5. The summed E-state index contributed by atoms with van der Waals surface area (Å²) in [5, 5.41) is 18.6. The van der Waals surface area contributed by atoms with Crippen molar-refractivity contribution in [1.29, 1.82) is 0 Å². The van der Waals surface area contributed by atoms with Gasteiger partial charge in [-0.2, -0.15) is 0 Å². The van der Waals surface area contributed by atoms with Crippen molar-refractivity contribution in [3.63, 3.8) is 0 Å². The van der Waals surface area contributed by atoms with Crippen LogP contribution in [0.3, 0.4) is 0 Å². The van der Waals surface area contributed by atoms with Crippen molar-refractivity contribution in [2.45, 2.75) is 130 Å². The highest BCUT2D eigenvalue weighted by Crippen LogP contribution is 2.30. The highest BCUT2D eigenvalue weighted by Gasteiger charge is 2.44. The van der Waals surface area contributed by atoms with E-state index >= 15 is 0 Å². The molecule has 356 valence electrons. The smallest absolute Gasteiger partial charge is 0.410 e. The van der Waals surface area contributed by atoms with Crippen molar-refractivity contribution in [2.24, 2.45) is 23.7 Å². The van der Waals surface area contributed by atoms with E-state index in [1.54, 1.807) is 35.9 Å². The summed E-state index contributed by atoms with van der Waals surface area (Å²) < 4.78 is 17.5. The Morgan fingerprint density at radius 2 is 1.47 bits per heavy atom. The summed E-state index contributed by atoms with van der Waals surface area (Å²) in [5.74, 6) is -4.34. The summed E-state index contributed by atoms with van der Waals surface area (Å²) in [4.78, 5) is 86.4. The van der Waals surface area contributed by atoms with Crippen LogP contribution in [0, 0.1) is 23.7 Å². The molecule has 64 heavy (non-hydrogen) atoms. The van der Waals surface area contributed by atoms with Crippen molar-refractivity contribution >= 4 is 41.4 Å². The van der Waals surface area contributed by atoms with Gasteiger partial charge in [0, 0.05) is 54.0 Å². The fourth-order valence-corrected chi connectivity index (χ4v) is 8.68. The van der Waals surface area contributed by atoms with Crippen LogP contribution < -0.4 is 16.0 Å². The predicted octanol–water partition coefficient (Wildman–Crippen LogP) is 5.19. The third-order valence-electron chi connectivity index (χ3n) is 12.6. The topological polar surface area (TPSA) is 196 Å². The zero-order chi connectivity index (χ0) is 47.8. The van der Waals surface area contributed by atoms with Gasteiger partial charge in [0.15, 0.2) is 0 Å². The molecule has 3 rings (SSSR count). The number of carbonyl (C=O) groups is 6. The molecule has 1 saturated heterocycles. The van der Waals surface area contributed by atoms with E-state index in [0.717, 1.165) is 16.8 Å². The van der Waals surface area contributed by atoms with Gasteiger partial charge < -0.3 is 45.1 Å². The Morgan fingerprint density at radius 1 is 0.828 bits per heavy atom. The molecule has 1 fully saturated rings. The number of likely N-dealkylation sites (tertiary alicyclic amines) is 1. The van der Waals surface area contributed by atoms with Gasteiger partial charge >= 0.3 is 12.1 Å². The highest BCUT2D eigenvalue weighted by atomic mass is 16.6. The minimum atomic E-state index is -1.16. The molecule has 16 heteroatoms. The molecule has 1 aliphatic heterocycles. The van der Waals surface area contributed by atoms with Crippen LogP contribution in [0.15, 0.2) is 54.6 Å². The van der Waals surface area contributed by atoms with Gasteiger partial charge in [0.1, 0.15) is 24.7 Å². The molecule has 0 spiro atoms. The highest BCUT2D eigenvalue weighted by molar-refractivity contribution is 5.92. The second-order valence-corrected chi connectivity index (χ2v) is 17.7. The number of rotatable bonds is 24. The molecule has 9 atom stereocenters. The molecule has 0 saturated carbocycles.